The van der Waals surface area contributed by atoms with E-state index < -0.39 is 15.9 Å². The zero-order valence-electron chi connectivity index (χ0n) is 15.3. The summed E-state index contributed by atoms with van der Waals surface area (Å²) in [5, 5.41) is 14.4. The largest absolute Gasteiger partial charge is 0.506 e. The predicted molar refractivity (Wildman–Crippen MR) is 114 cm³/mol. The molecule has 0 aliphatic heterocycles. The molecular formula is C20H18N2O5S2. The molecule has 0 fully saturated rings. The first-order chi connectivity index (χ1) is 13.9. The van der Waals surface area contributed by atoms with Crippen LogP contribution < -0.4 is 14.8 Å². The Morgan fingerprint density at radius 2 is 1.90 bits per heavy atom. The maximum Gasteiger partial charge on any atom is 0.262 e. The van der Waals surface area contributed by atoms with E-state index in [-0.39, 0.29) is 22.0 Å². The van der Waals surface area contributed by atoms with Crippen molar-refractivity contribution in [1.29, 1.82) is 0 Å². The van der Waals surface area contributed by atoms with Gasteiger partial charge in [-0.3, -0.25) is 9.52 Å². The van der Waals surface area contributed by atoms with Crippen molar-refractivity contribution in [3.8, 4) is 11.5 Å². The molecule has 150 valence electrons. The van der Waals surface area contributed by atoms with Crippen LogP contribution in [0.5, 0.6) is 11.5 Å². The normalized spacial score (nSPS) is 11.3. The molecule has 0 bridgehead atoms. The van der Waals surface area contributed by atoms with Gasteiger partial charge in [-0.15, -0.1) is 11.3 Å². The monoisotopic (exact) mass is 430 g/mol. The third kappa shape index (κ3) is 5.15. The number of phenolic OH excluding ortho intramolecular Hbond substituents is 1. The molecule has 0 saturated carbocycles. The summed E-state index contributed by atoms with van der Waals surface area (Å²) in [5.41, 5.74) is 0.251. The highest BCUT2D eigenvalue weighted by Gasteiger charge is 2.18. The lowest BCUT2D eigenvalue weighted by atomic mass is 10.3. The Balaban J connectivity index is 1.81. The smallest absolute Gasteiger partial charge is 0.262 e. The number of methoxy groups -OCH3 is 1. The van der Waals surface area contributed by atoms with E-state index >= 15 is 0 Å². The zero-order valence-corrected chi connectivity index (χ0v) is 17.0. The number of sulfonamides is 1. The average Bonchev–Trinajstić information content (AvgIpc) is 3.22. The van der Waals surface area contributed by atoms with Crippen LogP contribution in [0.25, 0.3) is 6.08 Å². The molecule has 0 atom stereocenters. The number of hydrogen-bond acceptors (Lipinski definition) is 6. The third-order valence-corrected chi connectivity index (χ3v) is 6.03. The van der Waals surface area contributed by atoms with Crippen LogP contribution in [0.15, 0.2) is 70.9 Å². The predicted octanol–water partition coefficient (Wildman–Crippen LogP) is 3.92. The fourth-order valence-corrected chi connectivity index (χ4v) is 4.15. The number of benzene rings is 2. The summed E-state index contributed by atoms with van der Waals surface area (Å²) in [6, 6.07) is 13.9. The summed E-state index contributed by atoms with van der Waals surface area (Å²) in [6.45, 7) is 0. The molecule has 0 aliphatic carbocycles. The average molecular weight is 431 g/mol. The number of para-hydroxylation sites is 2. The summed E-state index contributed by atoms with van der Waals surface area (Å²) in [6.07, 6.45) is 2.93. The molecule has 1 heterocycles. The van der Waals surface area contributed by atoms with E-state index in [1.54, 1.807) is 30.3 Å². The van der Waals surface area contributed by atoms with Gasteiger partial charge in [0.25, 0.3) is 10.0 Å². The van der Waals surface area contributed by atoms with Gasteiger partial charge in [-0.25, -0.2) is 8.42 Å². The lowest BCUT2D eigenvalue weighted by Crippen LogP contribution is -2.14. The van der Waals surface area contributed by atoms with Crippen LogP contribution in [0.4, 0.5) is 11.4 Å². The minimum Gasteiger partial charge on any atom is -0.506 e. The van der Waals surface area contributed by atoms with Crippen LogP contribution in [0.2, 0.25) is 0 Å². The second kappa shape index (κ2) is 8.80. The molecule has 3 N–H and O–H groups in total. The van der Waals surface area contributed by atoms with E-state index in [0.717, 1.165) is 4.88 Å². The maximum atomic E-state index is 12.7. The molecule has 1 amide bonds. The Kier molecular flexibility index (Phi) is 6.20. The van der Waals surface area contributed by atoms with Crippen LogP contribution in [-0.2, 0) is 14.8 Å². The molecule has 7 nitrogen and oxygen atoms in total. The molecule has 3 aromatic rings. The van der Waals surface area contributed by atoms with E-state index in [4.69, 9.17) is 4.74 Å². The second-order valence-electron chi connectivity index (χ2n) is 5.82. The van der Waals surface area contributed by atoms with Gasteiger partial charge in [0.1, 0.15) is 11.5 Å². The molecule has 3 rings (SSSR count). The summed E-state index contributed by atoms with van der Waals surface area (Å²) in [5.74, 6) is -0.387. The van der Waals surface area contributed by atoms with E-state index in [9.17, 15) is 18.3 Å². The van der Waals surface area contributed by atoms with Gasteiger partial charge in [0.2, 0.25) is 5.91 Å². The molecule has 9 heteroatoms. The Hall–Kier alpha value is -3.30. The van der Waals surface area contributed by atoms with Gasteiger partial charge in [-0.2, -0.15) is 0 Å². The van der Waals surface area contributed by atoms with Gasteiger partial charge < -0.3 is 15.2 Å². The quantitative estimate of drug-likeness (QED) is 0.389. The van der Waals surface area contributed by atoms with Crippen LogP contribution in [0.3, 0.4) is 0 Å². The number of nitrogens with one attached hydrogen (secondary N) is 2. The van der Waals surface area contributed by atoms with Crippen LogP contribution in [0, 0.1) is 0 Å². The molecule has 0 radical (unpaired) electrons. The highest BCUT2D eigenvalue weighted by atomic mass is 32.2. The van der Waals surface area contributed by atoms with Gasteiger partial charge in [0, 0.05) is 11.0 Å². The first kappa shape index (κ1) is 20.4. The van der Waals surface area contributed by atoms with Crippen molar-refractivity contribution in [2.75, 3.05) is 17.1 Å². The first-order valence-corrected chi connectivity index (χ1v) is 10.8. The van der Waals surface area contributed by atoms with Crippen molar-refractivity contribution in [2.24, 2.45) is 0 Å². The highest BCUT2D eigenvalue weighted by Crippen LogP contribution is 2.30. The number of thiophene rings is 1. The number of anilines is 2. The number of phenols is 1. The number of rotatable bonds is 7. The fraction of sp³-hybridized carbons (Fsp3) is 0.0500. The Labute approximate surface area is 172 Å². The number of carbonyl (C=O) groups is 1. The van der Waals surface area contributed by atoms with Gasteiger partial charge in [-0.1, -0.05) is 18.2 Å². The molecular weight excluding hydrogens is 412 g/mol. The SMILES string of the molecule is COc1ccccc1NS(=O)(=O)c1ccc(O)c(NC(=O)/C=C/c2cccs2)c1. The number of aromatic hydroxyl groups is 1. The van der Waals surface area contributed by atoms with Gasteiger partial charge >= 0.3 is 0 Å². The lowest BCUT2D eigenvalue weighted by molar-refractivity contribution is -0.111. The standard InChI is InChI=1S/C20H18N2O5S2/c1-27-19-7-3-2-6-16(19)22-29(25,26)15-9-10-18(23)17(13-15)21-20(24)11-8-14-5-4-12-28-14/h2-13,22-23H,1H3,(H,21,24)/b11-8+. The van der Waals surface area contributed by atoms with Gasteiger partial charge in [-0.05, 0) is 47.9 Å². The molecule has 0 spiro atoms. The van der Waals surface area contributed by atoms with E-state index in [0.29, 0.717) is 5.75 Å². The number of amides is 1. The Morgan fingerprint density at radius 1 is 1.10 bits per heavy atom. The van der Waals surface area contributed by atoms with Crippen LogP contribution >= 0.6 is 11.3 Å². The zero-order chi connectivity index (χ0) is 20.9. The Morgan fingerprint density at radius 3 is 2.62 bits per heavy atom. The number of hydrogen-bond donors (Lipinski definition) is 3. The lowest BCUT2D eigenvalue weighted by Gasteiger charge is -2.13. The molecule has 0 saturated heterocycles. The van der Waals surface area contributed by atoms with Crippen molar-refractivity contribution in [1.82, 2.24) is 0 Å². The second-order valence-corrected chi connectivity index (χ2v) is 8.48. The molecule has 2 aromatic carbocycles. The van der Waals surface area contributed by atoms with Crippen LogP contribution in [-0.4, -0.2) is 26.5 Å². The van der Waals surface area contributed by atoms with Gasteiger partial charge in [0.15, 0.2) is 0 Å². The molecule has 1 aromatic heterocycles. The first-order valence-electron chi connectivity index (χ1n) is 8.40. The van der Waals surface area contributed by atoms with Crippen molar-refractivity contribution >= 4 is 44.7 Å². The number of ether oxygens (including phenoxy) is 1. The summed E-state index contributed by atoms with van der Waals surface area (Å²) in [7, 11) is -2.54. The fourth-order valence-electron chi connectivity index (χ4n) is 2.43. The van der Waals surface area contributed by atoms with E-state index in [2.05, 4.69) is 10.0 Å². The van der Waals surface area contributed by atoms with E-state index in [1.165, 1.54) is 42.7 Å². The topological polar surface area (TPSA) is 105 Å². The van der Waals surface area contributed by atoms with Gasteiger partial charge in [0.05, 0.1) is 23.4 Å². The Bertz CT molecular complexity index is 1140. The molecule has 0 aliphatic rings. The maximum absolute atomic E-state index is 12.7. The van der Waals surface area contributed by atoms with Crippen LogP contribution in [0.1, 0.15) is 4.88 Å². The minimum atomic E-state index is -3.98. The van der Waals surface area contributed by atoms with Crippen molar-refractivity contribution in [3.05, 3.63) is 70.9 Å². The minimum absolute atomic E-state index is 0.0197. The highest BCUT2D eigenvalue weighted by molar-refractivity contribution is 7.92. The molecule has 0 unspecified atom stereocenters. The van der Waals surface area contributed by atoms with Crippen molar-refractivity contribution < 1.29 is 23.1 Å². The summed E-state index contributed by atoms with van der Waals surface area (Å²) >= 11 is 1.47. The van der Waals surface area contributed by atoms with E-state index in [1.807, 2.05) is 17.5 Å². The number of carbonyl (C=O) groups excluding carboxylic acids is 1. The third-order valence-electron chi connectivity index (χ3n) is 3.83. The van der Waals surface area contributed by atoms with Crippen molar-refractivity contribution in [2.45, 2.75) is 4.90 Å². The summed E-state index contributed by atoms with van der Waals surface area (Å²) < 4.78 is 33.0. The summed E-state index contributed by atoms with van der Waals surface area (Å²) in [4.78, 5) is 12.9. The van der Waals surface area contributed by atoms with Crippen molar-refractivity contribution in [3.63, 3.8) is 0 Å². The molecule has 29 heavy (non-hydrogen) atoms.